The van der Waals surface area contributed by atoms with Crippen molar-refractivity contribution >= 4 is 0 Å². The predicted molar refractivity (Wildman–Crippen MR) is 59.4 cm³/mol. The summed E-state index contributed by atoms with van der Waals surface area (Å²) in [6.07, 6.45) is 3.25. The van der Waals surface area contributed by atoms with E-state index in [-0.39, 0.29) is 18.9 Å². The van der Waals surface area contributed by atoms with E-state index in [1.165, 1.54) is 0 Å². The van der Waals surface area contributed by atoms with E-state index in [9.17, 15) is 0 Å². The summed E-state index contributed by atoms with van der Waals surface area (Å²) in [5.41, 5.74) is 1.39. The topological polar surface area (TPSA) is 44.2 Å². The van der Waals surface area contributed by atoms with Gasteiger partial charge in [0.05, 0.1) is 14.2 Å². The van der Waals surface area contributed by atoms with Gasteiger partial charge >= 0.3 is 18.9 Å². The van der Waals surface area contributed by atoms with Crippen LogP contribution in [0.2, 0.25) is 0 Å². The van der Waals surface area contributed by atoms with Gasteiger partial charge in [0, 0.05) is 18.0 Å². The molecule has 0 aliphatic heterocycles. The van der Waals surface area contributed by atoms with Gasteiger partial charge in [-0.1, -0.05) is 6.20 Å². The predicted octanol–water partition coefficient (Wildman–Crippen LogP) is -1.04. The molecule has 17 heavy (non-hydrogen) atoms. The Morgan fingerprint density at radius 3 is 2.53 bits per heavy atom. The van der Waals surface area contributed by atoms with Crippen LogP contribution in [0.25, 0.3) is 11.4 Å². The smallest absolute Gasteiger partial charge is 0.493 e. The largest absolute Gasteiger partial charge is 1.00 e. The van der Waals surface area contributed by atoms with Crippen molar-refractivity contribution in [1.82, 2.24) is 9.97 Å². The molecule has 0 fully saturated rings. The van der Waals surface area contributed by atoms with E-state index in [1.54, 1.807) is 38.7 Å². The summed E-state index contributed by atoms with van der Waals surface area (Å²) in [4.78, 5) is 8.43. The summed E-state index contributed by atoms with van der Waals surface area (Å²) < 4.78 is 10.5. The molecule has 2 aromatic heterocycles. The van der Waals surface area contributed by atoms with E-state index in [0.29, 0.717) is 17.2 Å². The summed E-state index contributed by atoms with van der Waals surface area (Å²) in [5.74, 6) is 1.23. The van der Waals surface area contributed by atoms with Crippen molar-refractivity contribution in [3.05, 3.63) is 36.7 Å². The molecular formula is C12H11LiN2O2. The van der Waals surface area contributed by atoms with Crippen LogP contribution in [-0.4, -0.2) is 24.2 Å². The van der Waals surface area contributed by atoms with E-state index in [1.807, 2.05) is 6.07 Å². The van der Waals surface area contributed by atoms with E-state index < -0.39 is 0 Å². The van der Waals surface area contributed by atoms with Crippen molar-refractivity contribution in [3.8, 4) is 22.9 Å². The number of pyridine rings is 2. The molecule has 2 heterocycles. The van der Waals surface area contributed by atoms with Crippen LogP contribution >= 0.6 is 0 Å². The van der Waals surface area contributed by atoms with Gasteiger partial charge in [-0.15, -0.1) is 0 Å². The first-order chi connectivity index (χ1) is 7.86. The van der Waals surface area contributed by atoms with Crippen LogP contribution in [0.1, 0.15) is 0 Å². The maximum atomic E-state index is 5.28. The molecule has 0 radical (unpaired) electrons. The van der Waals surface area contributed by atoms with Crippen molar-refractivity contribution in [2.75, 3.05) is 14.2 Å². The Bertz CT molecular complexity index is 477. The Morgan fingerprint density at radius 1 is 1.12 bits per heavy atom. The van der Waals surface area contributed by atoms with Crippen molar-refractivity contribution in [1.29, 1.82) is 0 Å². The third-order valence-electron chi connectivity index (χ3n) is 2.15. The summed E-state index contributed by atoms with van der Waals surface area (Å²) >= 11 is 0. The molecule has 4 nitrogen and oxygen atoms in total. The average Bonchev–Trinajstić information content (AvgIpc) is 2.38. The van der Waals surface area contributed by atoms with Gasteiger partial charge in [-0.3, -0.25) is 9.97 Å². The van der Waals surface area contributed by atoms with Gasteiger partial charge in [0.1, 0.15) is 5.69 Å². The molecular weight excluding hydrogens is 211 g/mol. The van der Waals surface area contributed by atoms with Crippen molar-refractivity contribution < 1.29 is 28.3 Å². The van der Waals surface area contributed by atoms with Crippen LogP contribution in [0.15, 0.2) is 30.6 Å². The number of ether oxygens (including phenoxy) is 2. The maximum absolute atomic E-state index is 5.28. The minimum atomic E-state index is 0. The molecule has 0 aliphatic rings. The molecule has 0 aliphatic carbocycles. The first-order valence-electron chi connectivity index (χ1n) is 4.76. The first kappa shape index (κ1) is 13.6. The fourth-order valence-corrected chi connectivity index (χ4v) is 1.43. The minimum absolute atomic E-state index is 0. The molecule has 0 atom stereocenters. The molecule has 0 bridgehead atoms. The summed E-state index contributed by atoms with van der Waals surface area (Å²) in [5, 5.41) is 0. The summed E-state index contributed by atoms with van der Waals surface area (Å²) in [6, 6.07) is 8.21. The Hall–Kier alpha value is -1.50. The SMILES string of the molecule is COc1ccnc(-c2cc[c-]cn2)c1OC.[Li+]. The average molecular weight is 222 g/mol. The normalized spacial score (nSPS) is 9.29. The first-order valence-corrected chi connectivity index (χ1v) is 4.76. The van der Waals surface area contributed by atoms with E-state index in [4.69, 9.17) is 9.47 Å². The Kier molecular flexibility index (Phi) is 5.01. The van der Waals surface area contributed by atoms with E-state index in [0.717, 1.165) is 5.69 Å². The Morgan fingerprint density at radius 2 is 1.94 bits per heavy atom. The molecule has 0 aromatic carbocycles. The van der Waals surface area contributed by atoms with Crippen LogP contribution in [0, 0.1) is 6.07 Å². The third kappa shape index (κ3) is 2.79. The third-order valence-corrected chi connectivity index (χ3v) is 2.15. The molecule has 0 amide bonds. The zero-order valence-corrected chi connectivity index (χ0v) is 10.1. The number of aromatic nitrogens is 2. The number of methoxy groups -OCH3 is 2. The van der Waals surface area contributed by atoms with Gasteiger partial charge in [-0.05, 0) is 0 Å². The molecule has 5 heteroatoms. The molecule has 82 valence electrons. The van der Waals surface area contributed by atoms with E-state index >= 15 is 0 Å². The van der Waals surface area contributed by atoms with Crippen LogP contribution in [0.4, 0.5) is 0 Å². The molecule has 0 N–H and O–H groups in total. The second-order valence-electron chi connectivity index (χ2n) is 3.04. The van der Waals surface area contributed by atoms with Crippen LogP contribution in [0.5, 0.6) is 11.5 Å². The quantitative estimate of drug-likeness (QED) is 0.492. The van der Waals surface area contributed by atoms with Crippen molar-refractivity contribution in [2.24, 2.45) is 0 Å². The van der Waals surface area contributed by atoms with Gasteiger partial charge in [-0.2, -0.15) is 6.07 Å². The molecule has 0 saturated carbocycles. The standard InChI is InChI=1S/C12H11N2O2.Li/c1-15-10-6-8-14-11(12(10)16-2)9-5-3-4-7-13-9;/h3,5-8H,1-2H3;/q-1;+1. The zero-order valence-electron chi connectivity index (χ0n) is 10.1. The number of hydrogen-bond donors (Lipinski definition) is 0. The Balaban J connectivity index is 0.00000144. The van der Waals surface area contributed by atoms with Gasteiger partial charge in [0.25, 0.3) is 0 Å². The second kappa shape index (κ2) is 6.29. The monoisotopic (exact) mass is 222 g/mol. The molecule has 0 unspecified atom stereocenters. The minimum Gasteiger partial charge on any atom is -0.493 e. The summed E-state index contributed by atoms with van der Waals surface area (Å²) in [7, 11) is 3.17. The molecule has 0 saturated heterocycles. The van der Waals surface area contributed by atoms with Crippen LogP contribution in [0.3, 0.4) is 0 Å². The fourth-order valence-electron chi connectivity index (χ4n) is 1.43. The van der Waals surface area contributed by atoms with Gasteiger partial charge in [-0.25, -0.2) is 12.1 Å². The Labute approximate surface area is 112 Å². The molecule has 2 rings (SSSR count). The molecule has 2 aromatic rings. The van der Waals surface area contributed by atoms with Gasteiger partial charge in [0.15, 0.2) is 11.5 Å². The van der Waals surface area contributed by atoms with Crippen molar-refractivity contribution in [3.63, 3.8) is 0 Å². The van der Waals surface area contributed by atoms with Gasteiger partial charge < -0.3 is 9.47 Å². The van der Waals surface area contributed by atoms with E-state index in [2.05, 4.69) is 16.0 Å². The number of nitrogens with zero attached hydrogens (tertiary/aromatic N) is 2. The van der Waals surface area contributed by atoms with Crippen LogP contribution in [-0.2, 0) is 0 Å². The fraction of sp³-hybridized carbons (Fsp3) is 0.167. The van der Waals surface area contributed by atoms with Gasteiger partial charge in [0.2, 0.25) is 0 Å². The van der Waals surface area contributed by atoms with Crippen molar-refractivity contribution in [2.45, 2.75) is 0 Å². The number of hydrogen-bond acceptors (Lipinski definition) is 4. The second-order valence-corrected chi connectivity index (χ2v) is 3.04. The zero-order chi connectivity index (χ0) is 11.4. The summed E-state index contributed by atoms with van der Waals surface area (Å²) in [6.45, 7) is 0. The number of rotatable bonds is 3. The maximum Gasteiger partial charge on any atom is 1.00 e. The molecule has 0 spiro atoms. The van der Waals surface area contributed by atoms with Crippen LogP contribution < -0.4 is 28.3 Å².